The number of hydrogen-bond donors (Lipinski definition) is 1. The van der Waals surface area contributed by atoms with Gasteiger partial charge in [0.1, 0.15) is 0 Å². The van der Waals surface area contributed by atoms with Gasteiger partial charge >= 0.3 is 5.97 Å². The first-order valence-corrected chi connectivity index (χ1v) is 7.14. The van der Waals surface area contributed by atoms with E-state index in [-0.39, 0.29) is 0 Å². The number of allylic oxidation sites excluding steroid dienone is 2. The van der Waals surface area contributed by atoms with E-state index < -0.39 is 5.97 Å². The van der Waals surface area contributed by atoms with Crippen molar-refractivity contribution in [2.45, 2.75) is 77.6 Å². The molecule has 0 rings (SSSR count). The Balaban J connectivity index is 3.03. The van der Waals surface area contributed by atoms with Gasteiger partial charge in [-0.2, -0.15) is 0 Å². The first-order chi connectivity index (χ1) is 8.27. The first kappa shape index (κ1) is 16.2. The molecule has 0 aromatic carbocycles. The molecule has 0 saturated carbocycles. The summed E-state index contributed by atoms with van der Waals surface area (Å²) in [6.45, 7) is 2.22. The van der Waals surface area contributed by atoms with Crippen LogP contribution in [-0.2, 0) is 4.79 Å². The molecule has 1 N–H and O–H groups in total. The molecule has 0 fully saturated rings. The van der Waals surface area contributed by atoms with Gasteiger partial charge in [0.05, 0.1) is 0 Å². The van der Waals surface area contributed by atoms with Crippen molar-refractivity contribution >= 4 is 5.97 Å². The van der Waals surface area contributed by atoms with Crippen molar-refractivity contribution in [2.75, 3.05) is 0 Å². The van der Waals surface area contributed by atoms with Gasteiger partial charge in [0, 0.05) is 6.42 Å². The summed E-state index contributed by atoms with van der Waals surface area (Å²) < 4.78 is 0. The largest absolute Gasteiger partial charge is 0.481 e. The van der Waals surface area contributed by atoms with Crippen LogP contribution in [0.15, 0.2) is 12.2 Å². The summed E-state index contributed by atoms with van der Waals surface area (Å²) in [6, 6.07) is 0. The molecule has 0 aromatic rings. The van der Waals surface area contributed by atoms with Gasteiger partial charge in [0.25, 0.3) is 0 Å². The van der Waals surface area contributed by atoms with E-state index in [1.807, 2.05) is 0 Å². The molecule has 0 unspecified atom stereocenters. The van der Waals surface area contributed by atoms with E-state index >= 15 is 0 Å². The van der Waals surface area contributed by atoms with Gasteiger partial charge in [-0.25, -0.2) is 0 Å². The highest BCUT2D eigenvalue weighted by atomic mass is 16.4. The van der Waals surface area contributed by atoms with Crippen molar-refractivity contribution in [3.05, 3.63) is 12.2 Å². The predicted octanol–water partition coefficient (Wildman–Crippen LogP) is 4.94. The highest BCUT2D eigenvalue weighted by Crippen LogP contribution is 2.09. The summed E-state index contributed by atoms with van der Waals surface area (Å²) >= 11 is 0. The standard InChI is InChI=1S/C15H28O2/c1-2-3-4-5-6-7-8-9-10-11-12-13-14-15(16)17/h5-6H,2-4,7-14H2,1H3,(H,16,17)/b6-5+. The monoisotopic (exact) mass is 240 g/mol. The molecule has 0 amide bonds. The molecular formula is C15H28O2. The fraction of sp³-hybridized carbons (Fsp3) is 0.800. The number of unbranched alkanes of at least 4 members (excludes halogenated alkanes) is 8. The molecule has 0 atom stereocenters. The van der Waals surface area contributed by atoms with Crippen LogP contribution < -0.4 is 0 Å². The Morgan fingerprint density at radius 2 is 1.41 bits per heavy atom. The van der Waals surface area contributed by atoms with Crippen molar-refractivity contribution in [3.8, 4) is 0 Å². The number of carboxylic acid groups (broad SMARTS) is 1. The molecule has 0 heterocycles. The van der Waals surface area contributed by atoms with Crippen LogP contribution in [0.25, 0.3) is 0 Å². The zero-order chi connectivity index (χ0) is 12.8. The Morgan fingerprint density at radius 1 is 0.882 bits per heavy atom. The molecule has 0 aliphatic carbocycles. The third kappa shape index (κ3) is 15.2. The minimum Gasteiger partial charge on any atom is -0.481 e. The Hall–Kier alpha value is -0.790. The second-order valence-corrected chi connectivity index (χ2v) is 4.67. The summed E-state index contributed by atoms with van der Waals surface area (Å²) in [5.41, 5.74) is 0. The summed E-state index contributed by atoms with van der Waals surface area (Å²) in [4.78, 5) is 10.3. The van der Waals surface area contributed by atoms with Crippen molar-refractivity contribution in [1.29, 1.82) is 0 Å². The zero-order valence-corrected chi connectivity index (χ0v) is 11.3. The topological polar surface area (TPSA) is 37.3 Å². The molecule has 0 radical (unpaired) electrons. The molecule has 0 aromatic heterocycles. The summed E-state index contributed by atoms with van der Waals surface area (Å²) in [5.74, 6) is -0.665. The number of hydrogen-bond acceptors (Lipinski definition) is 1. The Morgan fingerprint density at radius 3 is 2.00 bits per heavy atom. The lowest BCUT2D eigenvalue weighted by molar-refractivity contribution is -0.137. The second-order valence-electron chi connectivity index (χ2n) is 4.67. The van der Waals surface area contributed by atoms with Crippen LogP contribution in [0.5, 0.6) is 0 Å². The van der Waals surface area contributed by atoms with Crippen molar-refractivity contribution in [1.82, 2.24) is 0 Å². The van der Waals surface area contributed by atoms with Crippen LogP contribution >= 0.6 is 0 Å². The smallest absolute Gasteiger partial charge is 0.303 e. The number of rotatable bonds is 12. The minimum atomic E-state index is -0.665. The molecule has 0 bridgehead atoms. The van der Waals surface area contributed by atoms with Crippen LogP contribution in [0.2, 0.25) is 0 Å². The quantitative estimate of drug-likeness (QED) is 0.387. The molecular weight excluding hydrogens is 212 g/mol. The van der Waals surface area contributed by atoms with E-state index in [1.54, 1.807) is 0 Å². The van der Waals surface area contributed by atoms with Crippen molar-refractivity contribution in [2.24, 2.45) is 0 Å². The van der Waals surface area contributed by atoms with E-state index in [4.69, 9.17) is 5.11 Å². The zero-order valence-electron chi connectivity index (χ0n) is 11.3. The Bertz CT molecular complexity index is 197. The molecule has 17 heavy (non-hydrogen) atoms. The van der Waals surface area contributed by atoms with Crippen LogP contribution in [0.3, 0.4) is 0 Å². The molecule has 0 saturated heterocycles. The fourth-order valence-corrected chi connectivity index (χ4v) is 1.80. The lowest BCUT2D eigenvalue weighted by Gasteiger charge is -1.99. The van der Waals surface area contributed by atoms with E-state index in [0.717, 1.165) is 12.8 Å². The number of carbonyl (C=O) groups is 1. The maximum Gasteiger partial charge on any atom is 0.303 e. The van der Waals surface area contributed by atoms with Crippen LogP contribution in [-0.4, -0.2) is 11.1 Å². The lowest BCUT2D eigenvalue weighted by atomic mass is 10.1. The number of aliphatic carboxylic acids is 1. The van der Waals surface area contributed by atoms with Gasteiger partial charge in [0.2, 0.25) is 0 Å². The van der Waals surface area contributed by atoms with E-state index in [0.29, 0.717) is 6.42 Å². The van der Waals surface area contributed by atoms with Crippen molar-refractivity contribution < 1.29 is 9.90 Å². The summed E-state index contributed by atoms with van der Waals surface area (Å²) in [5, 5.41) is 8.47. The predicted molar refractivity (Wildman–Crippen MR) is 73.2 cm³/mol. The maximum absolute atomic E-state index is 10.3. The van der Waals surface area contributed by atoms with E-state index in [1.165, 1.54) is 51.4 Å². The highest BCUT2D eigenvalue weighted by Gasteiger charge is 1.95. The van der Waals surface area contributed by atoms with Crippen LogP contribution in [0.1, 0.15) is 77.6 Å². The SMILES string of the molecule is CCCC/C=C/CCCCCCCCC(=O)O. The minimum absolute atomic E-state index is 0.333. The Labute approximate surface area is 106 Å². The van der Waals surface area contributed by atoms with Gasteiger partial charge in [0.15, 0.2) is 0 Å². The highest BCUT2D eigenvalue weighted by molar-refractivity contribution is 5.66. The second kappa shape index (κ2) is 13.3. The van der Waals surface area contributed by atoms with Gasteiger partial charge in [-0.15, -0.1) is 0 Å². The third-order valence-electron chi connectivity index (χ3n) is 2.90. The normalized spacial score (nSPS) is 11.1. The van der Waals surface area contributed by atoms with Crippen LogP contribution in [0, 0.1) is 0 Å². The van der Waals surface area contributed by atoms with Gasteiger partial charge < -0.3 is 5.11 Å². The van der Waals surface area contributed by atoms with Gasteiger partial charge in [-0.1, -0.05) is 57.6 Å². The molecule has 0 aliphatic rings. The molecule has 100 valence electrons. The molecule has 0 spiro atoms. The fourth-order valence-electron chi connectivity index (χ4n) is 1.80. The molecule has 2 nitrogen and oxygen atoms in total. The van der Waals surface area contributed by atoms with E-state index in [2.05, 4.69) is 19.1 Å². The third-order valence-corrected chi connectivity index (χ3v) is 2.90. The van der Waals surface area contributed by atoms with Gasteiger partial charge in [-0.05, 0) is 25.7 Å². The average Bonchev–Trinajstić information content (AvgIpc) is 2.30. The number of carboxylic acids is 1. The average molecular weight is 240 g/mol. The van der Waals surface area contributed by atoms with E-state index in [9.17, 15) is 4.79 Å². The Kier molecular flexibility index (Phi) is 12.7. The van der Waals surface area contributed by atoms with Crippen LogP contribution in [0.4, 0.5) is 0 Å². The molecule has 2 heteroatoms. The van der Waals surface area contributed by atoms with Gasteiger partial charge in [-0.3, -0.25) is 4.79 Å². The summed E-state index contributed by atoms with van der Waals surface area (Å²) in [7, 11) is 0. The summed E-state index contributed by atoms with van der Waals surface area (Å²) in [6.07, 6.45) is 16.9. The van der Waals surface area contributed by atoms with Crippen molar-refractivity contribution in [3.63, 3.8) is 0 Å². The maximum atomic E-state index is 10.3. The lowest BCUT2D eigenvalue weighted by Crippen LogP contribution is -1.93. The molecule has 0 aliphatic heterocycles. The first-order valence-electron chi connectivity index (χ1n) is 7.14.